The first-order chi connectivity index (χ1) is 18.7. The molecular weight excluding hydrogens is 502 g/mol. The number of hydrogen-bond acceptors (Lipinski definition) is 8. The number of nitrogens with one attached hydrogen (secondary N) is 1. The summed E-state index contributed by atoms with van der Waals surface area (Å²) in [5.74, 6) is -0.748. The van der Waals surface area contributed by atoms with Crippen LogP contribution >= 0.6 is 0 Å². The third-order valence-corrected chi connectivity index (χ3v) is 8.41. The second-order valence-electron chi connectivity index (χ2n) is 11.2. The molecule has 1 aliphatic carbocycles. The average molecular weight is 530 g/mol. The zero-order chi connectivity index (χ0) is 27.1. The van der Waals surface area contributed by atoms with Gasteiger partial charge in [0, 0.05) is 48.6 Å². The van der Waals surface area contributed by atoms with E-state index in [-0.39, 0.29) is 47.4 Å². The molecule has 3 atom stereocenters. The van der Waals surface area contributed by atoms with Gasteiger partial charge in [-0.2, -0.15) is 5.10 Å². The summed E-state index contributed by atoms with van der Waals surface area (Å²) in [5, 5.41) is 20.2. The highest BCUT2D eigenvalue weighted by atomic mass is 16.6. The number of imide groups is 1. The largest absolute Gasteiger partial charge is 0.374 e. The van der Waals surface area contributed by atoms with E-state index in [2.05, 4.69) is 15.4 Å². The Balaban J connectivity index is 1.30. The fourth-order valence-electron chi connectivity index (χ4n) is 6.35. The number of non-ortho nitro benzene ring substituents is 1. The highest BCUT2D eigenvalue weighted by Crippen LogP contribution is 2.63. The van der Waals surface area contributed by atoms with E-state index in [4.69, 9.17) is 4.74 Å². The Morgan fingerprint density at radius 2 is 2.00 bits per heavy atom. The van der Waals surface area contributed by atoms with Crippen LogP contribution in [0.1, 0.15) is 19.4 Å². The van der Waals surface area contributed by atoms with Gasteiger partial charge < -0.3 is 14.6 Å². The maximum absolute atomic E-state index is 12.9. The van der Waals surface area contributed by atoms with Gasteiger partial charge in [-0.15, -0.1) is 0 Å². The van der Waals surface area contributed by atoms with Crippen molar-refractivity contribution in [2.75, 3.05) is 19.7 Å². The summed E-state index contributed by atoms with van der Waals surface area (Å²) in [4.78, 5) is 43.1. The van der Waals surface area contributed by atoms with E-state index in [0.29, 0.717) is 36.5 Å². The zero-order valence-electron chi connectivity index (χ0n) is 21.5. The number of likely N-dealkylation sites (tertiary alicyclic amines) is 1. The van der Waals surface area contributed by atoms with E-state index >= 15 is 0 Å². The van der Waals surface area contributed by atoms with Crippen LogP contribution in [-0.4, -0.2) is 66.6 Å². The molecule has 3 unspecified atom stereocenters. The number of morpholine rings is 1. The lowest BCUT2D eigenvalue weighted by Crippen LogP contribution is -2.40. The van der Waals surface area contributed by atoms with Crippen molar-refractivity contribution in [2.24, 2.45) is 17.3 Å². The highest BCUT2D eigenvalue weighted by molar-refractivity contribution is 6.10. The number of ether oxygens (including phenoxy) is 1. The molecule has 0 spiro atoms. The minimum Gasteiger partial charge on any atom is -0.374 e. The molecule has 1 saturated carbocycles. The predicted molar refractivity (Wildman–Crippen MR) is 140 cm³/mol. The molecule has 4 aromatic rings. The van der Waals surface area contributed by atoms with Crippen molar-refractivity contribution in [3.8, 4) is 11.3 Å². The van der Waals surface area contributed by atoms with E-state index in [1.807, 2.05) is 36.7 Å². The lowest BCUT2D eigenvalue weighted by Gasteiger charge is -2.24. The quantitative estimate of drug-likeness (QED) is 0.228. The van der Waals surface area contributed by atoms with Gasteiger partial charge in [0.2, 0.25) is 11.8 Å². The number of benzene rings is 1. The average Bonchev–Trinajstić information content (AvgIpc) is 3.27. The number of aromatic nitrogens is 4. The summed E-state index contributed by atoms with van der Waals surface area (Å²) in [6, 6.07) is 6.81. The van der Waals surface area contributed by atoms with E-state index in [1.54, 1.807) is 16.8 Å². The third kappa shape index (κ3) is 3.66. The van der Waals surface area contributed by atoms with Gasteiger partial charge in [-0.1, -0.05) is 13.8 Å². The normalized spacial score (nSPS) is 24.1. The Labute approximate surface area is 222 Å². The number of nitrogens with zero attached hydrogens (tertiary/aromatic N) is 6. The second-order valence-corrected chi connectivity index (χ2v) is 11.2. The molecule has 12 heteroatoms. The van der Waals surface area contributed by atoms with E-state index < -0.39 is 4.92 Å². The molecule has 3 fully saturated rings. The first-order valence-electron chi connectivity index (χ1n) is 13.0. The van der Waals surface area contributed by atoms with Crippen LogP contribution in [-0.2, 0) is 27.4 Å². The van der Waals surface area contributed by atoms with Gasteiger partial charge >= 0.3 is 0 Å². The number of hydrogen-bond donors (Lipinski definition) is 1. The van der Waals surface area contributed by atoms with Crippen molar-refractivity contribution in [3.63, 3.8) is 0 Å². The fourth-order valence-corrected chi connectivity index (χ4v) is 6.35. The molecule has 2 aliphatic heterocycles. The molecule has 0 bridgehead atoms. The minimum absolute atomic E-state index is 0.0329. The van der Waals surface area contributed by atoms with Crippen molar-refractivity contribution in [3.05, 3.63) is 58.7 Å². The van der Waals surface area contributed by atoms with Crippen LogP contribution in [0.5, 0.6) is 0 Å². The molecule has 39 heavy (non-hydrogen) atoms. The van der Waals surface area contributed by atoms with Crippen molar-refractivity contribution in [2.45, 2.75) is 33.0 Å². The third-order valence-electron chi connectivity index (χ3n) is 8.41. The number of fused-ring (bicyclic) bond motifs is 3. The number of rotatable bonds is 6. The first-order valence-corrected chi connectivity index (χ1v) is 13.0. The Kier molecular flexibility index (Phi) is 5.16. The summed E-state index contributed by atoms with van der Waals surface area (Å²) in [6.07, 6.45) is 5.05. The lowest BCUT2D eigenvalue weighted by molar-refractivity contribution is -0.384. The molecule has 2 saturated heterocycles. The van der Waals surface area contributed by atoms with Crippen LogP contribution in [0.25, 0.3) is 27.7 Å². The topological polar surface area (TPSA) is 137 Å². The molecule has 3 aromatic heterocycles. The van der Waals surface area contributed by atoms with Gasteiger partial charge in [0.05, 0.1) is 53.6 Å². The Bertz CT molecular complexity index is 1660. The number of nitro benzene ring substituents is 1. The Morgan fingerprint density at radius 3 is 2.72 bits per heavy atom. The van der Waals surface area contributed by atoms with E-state index in [1.165, 1.54) is 17.3 Å². The van der Waals surface area contributed by atoms with Crippen LogP contribution in [0.4, 0.5) is 5.69 Å². The molecule has 3 aliphatic rings. The number of nitro groups is 1. The molecule has 0 radical (unpaired) electrons. The molecule has 1 N–H and O–H groups in total. The van der Waals surface area contributed by atoms with Crippen LogP contribution in [0.15, 0.2) is 43.0 Å². The summed E-state index contributed by atoms with van der Waals surface area (Å²) in [7, 11) is 0. The van der Waals surface area contributed by atoms with Crippen LogP contribution in [0.3, 0.4) is 0 Å². The standard InChI is InChI=1S/C27H27N7O5/c1-27(2)21-22(27)26(36)32(25(21)35)11-15-7-20-23(29-14-30-33(20)12-15)19-9-17(34(37)38)8-16-3-5-31(24(16)19)13-18-10-28-4-6-39-18/h3,5,7-9,12,14,18,21-22,28H,4,6,10-11,13H2,1-2H3. The number of carbonyl (C=O) groups is 2. The minimum atomic E-state index is -0.409. The van der Waals surface area contributed by atoms with Gasteiger partial charge in [-0.3, -0.25) is 24.6 Å². The molecule has 2 amide bonds. The monoisotopic (exact) mass is 529 g/mol. The summed E-state index contributed by atoms with van der Waals surface area (Å²) >= 11 is 0. The van der Waals surface area contributed by atoms with Gasteiger partial charge in [0.1, 0.15) is 12.0 Å². The van der Waals surface area contributed by atoms with Crippen molar-refractivity contribution in [1.29, 1.82) is 0 Å². The van der Waals surface area contributed by atoms with Crippen molar-refractivity contribution >= 4 is 33.9 Å². The molecule has 1 aromatic carbocycles. The Hall–Kier alpha value is -4.16. The fraction of sp³-hybridized carbons (Fsp3) is 0.407. The molecule has 7 rings (SSSR count). The molecule has 200 valence electrons. The van der Waals surface area contributed by atoms with Crippen molar-refractivity contribution in [1.82, 2.24) is 29.4 Å². The smallest absolute Gasteiger partial charge is 0.270 e. The molecule has 5 heterocycles. The van der Waals surface area contributed by atoms with Crippen LogP contribution in [0.2, 0.25) is 0 Å². The Morgan fingerprint density at radius 1 is 1.21 bits per heavy atom. The van der Waals surface area contributed by atoms with Crippen molar-refractivity contribution < 1.29 is 19.2 Å². The number of amides is 2. The maximum atomic E-state index is 12.9. The summed E-state index contributed by atoms with van der Waals surface area (Å²) in [5.41, 5.74) is 2.99. The van der Waals surface area contributed by atoms with Gasteiger partial charge in [-0.25, -0.2) is 9.50 Å². The zero-order valence-corrected chi connectivity index (χ0v) is 21.5. The summed E-state index contributed by atoms with van der Waals surface area (Å²) in [6.45, 7) is 6.79. The lowest BCUT2D eigenvalue weighted by atomic mass is 10.0. The summed E-state index contributed by atoms with van der Waals surface area (Å²) < 4.78 is 9.59. The maximum Gasteiger partial charge on any atom is 0.270 e. The van der Waals surface area contributed by atoms with Gasteiger partial charge in [0.15, 0.2) is 0 Å². The first kappa shape index (κ1) is 23.9. The SMILES string of the molecule is CC1(C)C2C(=O)N(Cc3cc4c(-c5cc([N+](=O)[O-])cc6ccn(CC7CNCCO7)c56)ncnn4c3)C(=O)C21. The predicted octanol–water partition coefficient (Wildman–Crippen LogP) is 2.39. The highest BCUT2D eigenvalue weighted by Gasteiger charge is 2.72. The number of piperidine rings is 1. The van der Waals surface area contributed by atoms with E-state index in [9.17, 15) is 19.7 Å². The molecular formula is C27H27N7O5. The second kappa shape index (κ2) is 8.42. The van der Waals surface area contributed by atoms with E-state index in [0.717, 1.165) is 23.0 Å². The molecule has 12 nitrogen and oxygen atoms in total. The van der Waals surface area contributed by atoms with Crippen LogP contribution < -0.4 is 5.32 Å². The van der Waals surface area contributed by atoms with Gasteiger partial charge in [-0.05, 0) is 23.1 Å². The van der Waals surface area contributed by atoms with Crippen LogP contribution in [0, 0.1) is 27.4 Å². The van der Waals surface area contributed by atoms with Gasteiger partial charge in [0.25, 0.3) is 5.69 Å². The number of carbonyl (C=O) groups excluding carboxylic acids is 2.